The molecule has 2 rings (SSSR count). The van der Waals surface area contributed by atoms with Crippen LogP contribution in [0.15, 0.2) is 18.2 Å². The molecule has 0 spiro atoms. The summed E-state index contributed by atoms with van der Waals surface area (Å²) < 4.78 is 0. The van der Waals surface area contributed by atoms with Crippen molar-refractivity contribution in [2.45, 2.75) is 26.2 Å². The van der Waals surface area contributed by atoms with Gasteiger partial charge in [-0.05, 0) is 37.1 Å². The standard InChI is InChI=1S/C13H13NO4/c1-8-7-9(5-6-10(8)13(17)18)14-11(15)3-2-4-12(14)16/h5-7H,2-4H2,1H3,(H,17,18). The summed E-state index contributed by atoms with van der Waals surface area (Å²) in [6.45, 7) is 1.64. The number of amides is 2. The number of rotatable bonds is 2. The van der Waals surface area contributed by atoms with Gasteiger partial charge in [0, 0.05) is 12.8 Å². The highest BCUT2D eigenvalue weighted by molar-refractivity contribution is 6.16. The number of anilines is 1. The Balaban J connectivity index is 2.39. The Kier molecular flexibility index (Phi) is 3.14. The first-order valence-electron chi connectivity index (χ1n) is 5.70. The van der Waals surface area contributed by atoms with Crippen LogP contribution >= 0.6 is 0 Å². The van der Waals surface area contributed by atoms with Gasteiger partial charge in [0.25, 0.3) is 0 Å². The maximum Gasteiger partial charge on any atom is 0.335 e. The van der Waals surface area contributed by atoms with Gasteiger partial charge in [-0.25, -0.2) is 4.79 Å². The molecule has 1 aliphatic heterocycles. The topological polar surface area (TPSA) is 74.7 Å². The molecule has 2 amide bonds. The van der Waals surface area contributed by atoms with E-state index in [2.05, 4.69) is 0 Å². The van der Waals surface area contributed by atoms with Gasteiger partial charge < -0.3 is 5.11 Å². The Morgan fingerprint density at radius 1 is 1.22 bits per heavy atom. The number of carboxylic acids is 1. The maximum atomic E-state index is 11.7. The second kappa shape index (κ2) is 4.60. The SMILES string of the molecule is Cc1cc(N2C(=O)CCCC2=O)ccc1C(=O)O. The van der Waals surface area contributed by atoms with Crippen molar-refractivity contribution in [3.63, 3.8) is 0 Å². The first-order valence-corrected chi connectivity index (χ1v) is 5.70. The van der Waals surface area contributed by atoms with Crippen molar-refractivity contribution in [3.8, 4) is 0 Å². The van der Waals surface area contributed by atoms with Gasteiger partial charge >= 0.3 is 5.97 Å². The smallest absolute Gasteiger partial charge is 0.335 e. The van der Waals surface area contributed by atoms with Crippen LogP contribution in [-0.4, -0.2) is 22.9 Å². The van der Waals surface area contributed by atoms with Crippen LogP contribution in [0.1, 0.15) is 35.2 Å². The van der Waals surface area contributed by atoms with Gasteiger partial charge in [0.2, 0.25) is 11.8 Å². The predicted octanol–water partition coefficient (Wildman–Crippen LogP) is 1.74. The van der Waals surface area contributed by atoms with Gasteiger partial charge in [-0.2, -0.15) is 0 Å². The van der Waals surface area contributed by atoms with E-state index < -0.39 is 5.97 Å². The average molecular weight is 247 g/mol. The molecular formula is C13H13NO4. The second-order valence-electron chi connectivity index (χ2n) is 4.28. The fourth-order valence-electron chi connectivity index (χ4n) is 2.07. The van der Waals surface area contributed by atoms with Crippen molar-refractivity contribution >= 4 is 23.5 Å². The van der Waals surface area contributed by atoms with Crippen molar-refractivity contribution < 1.29 is 19.5 Å². The summed E-state index contributed by atoms with van der Waals surface area (Å²) >= 11 is 0. The van der Waals surface area contributed by atoms with Gasteiger partial charge in [0.15, 0.2) is 0 Å². The number of carbonyl (C=O) groups is 3. The molecule has 0 aliphatic carbocycles. The van der Waals surface area contributed by atoms with Crippen LogP contribution in [0.4, 0.5) is 5.69 Å². The first-order chi connectivity index (χ1) is 8.50. The molecule has 0 atom stereocenters. The molecule has 0 unspecified atom stereocenters. The summed E-state index contributed by atoms with van der Waals surface area (Å²) in [7, 11) is 0. The van der Waals surface area contributed by atoms with Crippen molar-refractivity contribution in [2.24, 2.45) is 0 Å². The molecule has 94 valence electrons. The molecule has 1 fully saturated rings. The van der Waals surface area contributed by atoms with Gasteiger partial charge in [0.05, 0.1) is 11.3 Å². The minimum Gasteiger partial charge on any atom is -0.478 e. The molecule has 5 heteroatoms. The lowest BCUT2D eigenvalue weighted by molar-refractivity contribution is -0.129. The van der Waals surface area contributed by atoms with Gasteiger partial charge in [-0.15, -0.1) is 0 Å². The predicted molar refractivity (Wildman–Crippen MR) is 64.5 cm³/mol. The number of carboxylic acid groups (broad SMARTS) is 1. The van der Waals surface area contributed by atoms with Crippen LogP contribution < -0.4 is 4.90 Å². The minimum absolute atomic E-state index is 0.177. The summed E-state index contributed by atoms with van der Waals surface area (Å²) in [5.41, 5.74) is 1.16. The van der Waals surface area contributed by atoms with E-state index in [1.165, 1.54) is 12.1 Å². The summed E-state index contributed by atoms with van der Waals surface area (Å²) in [5.74, 6) is -1.47. The molecule has 1 aromatic rings. The lowest BCUT2D eigenvalue weighted by atomic mass is 10.0. The highest BCUT2D eigenvalue weighted by Gasteiger charge is 2.27. The molecule has 0 bridgehead atoms. The Labute approximate surface area is 104 Å². The largest absolute Gasteiger partial charge is 0.478 e. The van der Waals surface area contributed by atoms with Crippen molar-refractivity contribution in [1.29, 1.82) is 0 Å². The first kappa shape index (κ1) is 12.3. The molecule has 1 heterocycles. The van der Waals surface area contributed by atoms with E-state index in [9.17, 15) is 14.4 Å². The zero-order valence-electron chi connectivity index (χ0n) is 9.97. The Morgan fingerprint density at radius 3 is 2.33 bits per heavy atom. The zero-order chi connectivity index (χ0) is 13.3. The van der Waals surface area contributed by atoms with E-state index in [0.29, 0.717) is 30.5 Å². The highest BCUT2D eigenvalue weighted by Crippen LogP contribution is 2.24. The molecule has 0 aromatic heterocycles. The fraction of sp³-hybridized carbons (Fsp3) is 0.308. The van der Waals surface area contributed by atoms with Gasteiger partial charge in [-0.3, -0.25) is 14.5 Å². The molecule has 5 nitrogen and oxygen atoms in total. The number of imide groups is 1. The van der Waals surface area contributed by atoms with Crippen LogP contribution in [-0.2, 0) is 9.59 Å². The molecule has 0 radical (unpaired) electrons. The number of aryl methyl sites for hydroxylation is 1. The van der Waals surface area contributed by atoms with E-state index in [1.54, 1.807) is 13.0 Å². The third-order valence-electron chi connectivity index (χ3n) is 2.98. The average Bonchev–Trinajstić information content (AvgIpc) is 2.28. The number of carbonyl (C=O) groups excluding carboxylic acids is 2. The van der Waals surface area contributed by atoms with Crippen molar-refractivity contribution in [1.82, 2.24) is 0 Å². The molecule has 0 saturated carbocycles. The normalized spacial score (nSPS) is 15.9. The van der Waals surface area contributed by atoms with E-state index >= 15 is 0 Å². The van der Waals surface area contributed by atoms with Crippen molar-refractivity contribution in [2.75, 3.05) is 4.90 Å². The van der Waals surface area contributed by atoms with E-state index in [0.717, 1.165) is 4.90 Å². The monoisotopic (exact) mass is 247 g/mol. The molecule has 18 heavy (non-hydrogen) atoms. The third-order valence-corrected chi connectivity index (χ3v) is 2.98. The van der Waals surface area contributed by atoms with Crippen LogP contribution in [0.2, 0.25) is 0 Å². The van der Waals surface area contributed by atoms with Crippen LogP contribution in [0.25, 0.3) is 0 Å². The Morgan fingerprint density at radius 2 is 1.83 bits per heavy atom. The van der Waals surface area contributed by atoms with Crippen LogP contribution in [0.3, 0.4) is 0 Å². The van der Waals surface area contributed by atoms with Gasteiger partial charge in [-0.1, -0.05) is 0 Å². The van der Waals surface area contributed by atoms with E-state index in [1.807, 2.05) is 0 Å². The summed E-state index contributed by atoms with van der Waals surface area (Å²) in [5, 5.41) is 8.92. The number of piperidine rings is 1. The van der Waals surface area contributed by atoms with E-state index in [-0.39, 0.29) is 17.4 Å². The quantitative estimate of drug-likeness (QED) is 0.808. The van der Waals surface area contributed by atoms with E-state index in [4.69, 9.17) is 5.11 Å². The molecule has 1 N–H and O–H groups in total. The minimum atomic E-state index is -1.02. The highest BCUT2D eigenvalue weighted by atomic mass is 16.4. The lowest BCUT2D eigenvalue weighted by Crippen LogP contribution is -2.40. The molecular weight excluding hydrogens is 234 g/mol. The molecule has 1 aliphatic rings. The van der Waals surface area contributed by atoms with Gasteiger partial charge in [0.1, 0.15) is 0 Å². The Bertz CT molecular complexity index is 520. The number of benzene rings is 1. The number of aromatic carboxylic acids is 1. The zero-order valence-corrected chi connectivity index (χ0v) is 9.97. The summed E-state index contributed by atoms with van der Waals surface area (Å²) in [6.07, 6.45) is 1.29. The number of nitrogens with zero attached hydrogens (tertiary/aromatic N) is 1. The molecule has 1 saturated heterocycles. The lowest BCUT2D eigenvalue weighted by Gasteiger charge is -2.25. The number of hydrogen-bond donors (Lipinski definition) is 1. The third kappa shape index (κ3) is 2.11. The summed E-state index contributed by atoms with van der Waals surface area (Å²) in [6, 6.07) is 4.48. The second-order valence-corrected chi connectivity index (χ2v) is 4.28. The fourth-order valence-corrected chi connectivity index (χ4v) is 2.07. The number of hydrogen-bond acceptors (Lipinski definition) is 3. The maximum absolute atomic E-state index is 11.7. The molecule has 1 aromatic carbocycles. The summed E-state index contributed by atoms with van der Waals surface area (Å²) in [4.78, 5) is 35.5. The Hall–Kier alpha value is -2.17. The van der Waals surface area contributed by atoms with Crippen molar-refractivity contribution in [3.05, 3.63) is 29.3 Å². The van der Waals surface area contributed by atoms with Crippen LogP contribution in [0, 0.1) is 6.92 Å². The van der Waals surface area contributed by atoms with Crippen LogP contribution in [0.5, 0.6) is 0 Å².